The minimum atomic E-state index is -0.807. The molecule has 6 nitrogen and oxygen atoms in total. The number of carboxylic acids is 1. The van der Waals surface area contributed by atoms with Crippen LogP contribution in [0.15, 0.2) is 18.2 Å². The number of urea groups is 1. The average molecular weight is 347 g/mol. The van der Waals surface area contributed by atoms with Gasteiger partial charge in [-0.2, -0.15) is 0 Å². The van der Waals surface area contributed by atoms with E-state index in [4.69, 9.17) is 5.11 Å². The first-order chi connectivity index (χ1) is 11.8. The molecule has 2 rings (SSSR count). The zero-order chi connectivity index (χ0) is 18.6. The Morgan fingerprint density at radius 1 is 1.32 bits per heavy atom. The molecular formula is C19H29N3O3. The molecule has 0 radical (unpaired) electrons. The van der Waals surface area contributed by atoms with E-state index >= 15 is 0 Å². The van der Waals surface area contributed by atoms with E-state index in [1.807, 2.05) is 18.7 Å². The monoisotopic (exact) mass is 347 g/mol. The Kier molecular flexibility index (Phi) is 6.42. The highest BCUT2D eigenvalue weighted by atomic mass is 16.4. The van der Waals surface area contributed by atoms with Crippen LogP contribution in [-0.4, -0.2) is 47.2 Å². The summed E-state index contributed by atoms with van der Waals surface area (Å²) >= 11 is 0. The van der Waals surface area contributed by atoms with Gasteiger partial charge in [0.2, 0.25) is 0 Å². The van der Waals surface area contributed by atoms with Gasteiger partial charge >= 0.3 is 12.0 Å². The summed E-state index contributed by atoms with van der Waals surface area (Å²) in [5, 5.41) is 14.9. The van der Waals surface area contributed by atoms with Crippen LogP contribution in [0.4, 0.5) is 4.79 Å². The molecule has 0 aliphatic heterocycles. The molecule has 1 fully saturated rings. The maximum atomic E-state index is 12.2. The van der Waals surface area contributed by atoms with Crippen molar-refractivity contribution in [1.29, 1.82) is 0 Å². The average Bonchev–Trinajstić information content (AvgIpc) is 2.48. The largest absolute Gasteiger partial charge is 0.480 e. The van der Waals surface area contributed by atoms with E-state index in [1.165, 1.54) is 11.1 Å². The van der Waals surface area contributed by atoms with Crippen LogP contribution in [0.1, 0.15) is 49.4 Å². The van der Waals surface area contributed by atoms with Gasteiger partial charge in [0.25, 0.3) is 0 Å². The number of aryl methyl sites for hydroxylation is 2. The number of amides is 2. The van der Waals surface area contributed by atoms with Gasteiger partial charge in [-0.05, 0) is 51.3 Å². The van der Waals surface area contributed by atoms with E-state index in [0.717, 1.165) is 18.4 Å². The summed E-state index contributed by atoms with van der Waals surface area (Å²) < 4.78 is 0. The molecule has 1 aliphatic rings. The van der Waals surface area contributed by atoms with Crippen molar-refractivity contribution < 1.29 is 14.7 Å². The molecule has 25 heavy (non-hydrogen) atoms. The maximum absolute atomic E-state index is 12.2. The fourth-order valence-electron chi connectivity index (χ4n) is 3.49. The molecule has 0 aromatic heterocycles. The zero-order valence-corrected chi connectivity index (χ0v) is 15.5. The molecule has 138 valence electrons. The van der Waals surface area contributed by atoms with Crippen molar-refractivity contribution in [1.82, 2.24) is 15.5 Å². The summed E-state index contributed by atoms with van der Waals surface area (Å²) in [7, 11) is 0. The molecule has 1 unspecified atom stereocenters. The summed E-state index contributed by atoms with van der Waals surface area (Å²) in [6, 6.07) is 6.34. The molecule has 1 atom stereocenters. The van der Waals surface area contributed by atoms with Gasteiger partial charge < -0.3 is 15.7 Å². The normalized spacial score (nSPS) is 20.7. The van der Waals surface area contributed by atoms with Crippen LogP contribution in [0.25, 0.3) is 0 Å². The molecule has 0 spiro atoms. The minimum Gasteiger partial charge on any atom is -0.480 e. The first-order valence-electron chi connectivity index (χ1n) is 8.90. The molecule has 0 saturated heterocycles. The molecule has 1 aromatic rings. The van der Waals surface area contributed by atoms with E-state index < -0.39 is 5.97 Å². The molecular weight excluding hydrogens is 318 g/mol. The van der Waals surface area contributed by atoms with E-state index in [0.29, 0.717) is 6.54 Å². The Bertz CT molecular complexity index is 626. The van der Waals surface area contributed by atoms with Crippen molar-refractivity contribution in [2.45, 2.75) is 58.7 Å². The third-order valence-corrected chi connectivity index (χ3v) is 4.95. The molecule has 3 N–H and O–H groups in total. The lowest BCUT2D eigenvalue weighted by molar-refractivity contribution is -0.139. The second kappa shape index (κ2) is 8.34. The van der Waals surface area contributed by atoms with Crippen LogP contribution in [0, 0.1) is 13.8 Å². The Labute approximate surface area is 149 Å². The lowest BCUT2D eigenvalue weighted by atomic mass is 9.85. The summed E-state index contributed by atoms with van der Waals surface area (Å²) in [5.74, 6) is -0.807. The predicted molar refractivity (Wildman–Crippen MR) is 97.7 cm³/mol. The van der Waals surface area contributed by atoms with Crippen molar-refractivity contribution in [3.05, 3.63) is 34.9 Å². The van der Waals surface area contributed by atoms with Crippen LogP contribution in [0.5, 0.6) is 0 Å². The van der Waals surface area contributed by atoms with Gasteiger partial charge in [0.05, 0.1) is 12.6 Å². The smallest absolute Gasteiger partial charge is 0.317 e. The molecule has 0 heterocycles. The predicted octanol–water partition coefficient (Wildman–Crippen LogP) is 2.60. The van der Waals surface area contributed by atoms with Crippen LogP contribution in [0.2, 0.25) is 0 Å². The van der Waals surface area contributed by atoms with Crippen LogP contribution in [-0.2, 0) is 4.79 Å². The van der Waals surface area contributed by atoms with Gasteiger partial charge in [0, 0.05) is 12.1 Å². The molecule has 2 amide bonds. The Morgan fingerprint density at radius 3 is 2.56 bits per heavy atom. The Balaban J connectivity index is 1.79. The number of likely N-dealkylation sites (N-methyl/N-ethyl adjacent to an activating group) is 1. The first kappa shape index (κ1) is 19.2. The van der Waals surface area contributed by atoms with Gasteiger partial charge in [-0.3, -0.25) is 9.69 Å². The van der Waals surface area contributed by atoms with E-state index in [9.17, 15) is 9.59 Å². The molecule has 1 saturated carbocycles. The summed E-state index contributed by atoms with van der Waals surface area (Å²) in [6.45, 7) is 8.81. The van der Waals surface area contributed by atoms with Crippen molar-refractivity contribution in [2.75, 3.05) is 13.1 Å². The summed E-state index contributed by atoms with van der Waals surface area (Å²) in [5.41, 5.74) is 3.50. The highest BCUT2D eigenvalue weighted by Crippen LogP contribution is 2.25. The van der Waals surface area contributed by atoms with Gasteiger partial charge in [-0.1, -0.05) is 30.7 Å². The number of hydrogen-bond donors (Lipinski definition) is 3. The molecule has 1 aliphatic carbocycles. The fourth-order valence-corrected chi connectivity index (χ4v) is 3.49. The van der Waals surface area contributed by atoms with Gasteiger partial charge in [0.15, 0.2) is 0 Å². The fraction of sp³-hybridized carbons (Fsp3) is 0.579. The maximum Gasteiger partial charge on any atom is 0.317 e. The van der Waals surface area contributed by atoms with Gasteiger partial charge in [0.1, 0.15) is 0 Å². The van der Waals surface area contributed by atoms with Gasteiger partial charge in [-0.15, -0.1) is 0 Å². The number of carbonyl (C=O) groups excluding carboxylic acids is 1. The van der Waals surface area contributed by atoms with Crippen LogP contribution in [0.3, 0.4) is 0 Å². The van der Waals surface area contributed by atoms with Crippen molar-refractivity contribution in [3.63, 3.8) is 0 Å². The number of nitrogens with zero attached hydrogens (tertiary/aromatic N) is 1. The van der Waals surface area contributed by atoms with E-state index in [-0.39, 0.29) is 30.7 Å². The lowest BCUT2D eigenvalue weighted by Crippen LogP contribution is -2.56. The highest BCUT2D eigenvalue weighted by molar-refractivity contribution is 5.75. The van der Waals surface area contributed by atoms with E-state index in [2.05, 4.69) is 42.7 Å². The number of carboxylic acid groups (broad SMARTS) is 1. The standard InChI is InChI=1S/C19H29N3O3/c1-5-22(11-18(23)24)16-9-15(10-16)21-19(25)20-14(4)17-7-6-12(2)8-13(17)3/h6-8,14-16H,5,9-11H2,1-4H3,(H,23,24)(H2,20,21,25). The number of hydrogen-bond acceptors (Lipinski definition) is 3. The van der Waals surface area contributed by atoms with Gasteiger partial charge in [-0.25, -0.2) is 4.79 Å². The van der Waals surface area contributed by atoms with Crippen molar-refractivity contribution in [2.24, 2.45) is 0 Å². The number of benzene rings is 1. The van der Waals surface area contributed by atoms with Crippen molar-refractivity contribution in [3.8, 4) is 0 Å². The molecule has 6 heteroatoms. The second-order valence-corrected chi connectivity index (χ2v) is 6.98. The van der Waals surface area contributed by atoms with Crippen molar-refractivity contribution >= 4 is 12.0 Å². The Morgan fingerprint density at radius 2 is 2.00 bits per heavy atom. The van der Waals surface area contributed by atoms with E-state index in [1.54, 1.807) is 0 Å². The SMILES string of the molecule is CCN(CC(=O)O)C1CC(NC(=O)NC(C)c2ccc(C)cc2C)C1. The number of nitrogens with one attached hydrogen (secondary N) is 2. The quantitative estimate of drug-likeness (QED) is 0.708. The second-order valence-electron chi connectivity index (χ2n) is 6.98. The highest BCUT2D eigenvalue weighted by Gasteiger charge is 2.34. The topological polar surface area (TPSA) is 81.7 Å². The first-order valence-corrected chi connectivity index (χ1v) is 8.90. The minimum absolute atomic E-state index is 0.0593. The number of rotatable bonds is 7. The molecule has 1 aromatic carbocycles. The third kappa shape index (κ3) is 5.19. The number of carbonyl (C=O) groups is 2. The van der Waals surface area contributed by atoms with Crippen LogP contribution >= 0.6 is 0 Å². The zero-order valence-electron chi connectivity index (χ0n) is 15.5. The molecule has 0 bridgehead atoms. The summed E-state index contributed by atoms with van der Waals surface area (Å²) in [4.78, 5) is 25.0. The number of aliphatic carboxylic acids is 1. The Hall–Kier alpha value is -2.08. The summed E-state index contributed by atoms with van der Waals surface area (Å²) in [6.07, 6.45) is 1.60. The lowest BCUT2D eigenvalue weighted by Gasteiger charge is -2.42. The van der Waals surface area contributed by atoms with Crippen LogP contribution < -0.4 is 10.6 Å². The third-order valence-electron chi connectivity index (χ3n) is 4.95.